The van der Waals surface area contributed by atoms with Crippen molar-refractivity contribution in [1.29, 1.82) is 0 Å². The molecule has 0 unspecified atom stereocenters. The Morgan fingerprint density at radius 1 is 1.38 bits per heavy atom. The minimum atomic E-state index is -0.0474. The predicted molar refractivity (Wildman–Crippen MR) is 96.7 cm³/mol. The maximum absolute atomic E-state index is 13.4. The summed E-state index contributed by atoms with van der Waals surface area (Å²) in [5.41, 5.74) is 4.84. The number of amides is 1. The lowest BCUT2D eigenvalue weighted by Gasteiger charge is -2.30. The lowest BCUT2D eigenvalue weighted by Crippen LogP contribution is -2.38. The molecule has 0 aliphatic carbocycles. The first kappa shape index (κ1) is 17.3. The summed E-state index contributed by atoms with van der Waals surface area (Å²) in [6.45, 7) is 9.72. The van der Waals surface area contributed by atoms with Crippen LogP contribution in [0.5, 0.6) is 0 Å². The maximum Gasteiger partial charge on any atom is 0.274 e. The van der Waals surface area contributed by atoms with E-state index >= 15 is 0 Å². The van der Waals surface area contributed by atoms with Crippen LogP contribution in [0.2, 0.25) is 0 Å². The molecule has 2 aliphatic heterocycles. The quantitative estimate of drug-likeness (QED) is 0.850. The molecular weight excluding hydrogens is 330 g/mol. The molecule has 2 aromatic heterocycles. The monoisotopic (exact) mass is 357 g/mol. The van der Waals surface area contributed by atoms with Crippen LogP contribution in [0.3, 0.4) is 0 Å². The van der Waals surface area contributed by atoms with Crippen molar-refractivity contribution in [3.05, 3.63) is 34.4 Å². The minimum Gasteiger partial charge on any atom is -0.369 e. The highest BCUT2D eigenvalue weighted by molar-refractivity contribution is 5.94. The molecule has 4 heterocycles. The van der Waals surface area contributed by atoms with Crippen LogP contribution in [-0.2, 0) is 31.2 Å². The summed E-state index contributed by atoms with van der Waals surface area (Å²) in [4.78, 5) is 15.4. The molecule has 7 heteroatoms. The van der Waals surface area contributed by atoms with Crippen molar-refractivity contribution in [2.24, 2.45) is 12.5 Å². The molecule has 26 heavy (non-hydrogen) atoms. The first-order valence-corrected chi connectivity index (χ1v) is 9.27. The molecule has 0 aromatic carbocycles. The second kappa shape index (κ2) is 5.94. The molecule has 7 nitrogen and oxygen atoms in total. The lowest BCUT2D eigenvalue weighted by atomic mass is 9.87. The largest absolute Gasteiger partial charge is 0.369 e. The molecule has 0 fully saturated rings. The Labute approximate surface area is 153 Å². The van der Waals surface area contributed by atoms with Gasteiger partial charge in [-0.25, -0.2) is 0 Å². The normalized spacial score (nSPS) is 24.7. The number of aromatic amines is 1. The Hall–Kier alpha value is -2.15. The molecule has 2 atom stereocenters. The minimum absolute atomic E-state index is 0.00488. The summed E-state index contributed by atoms with van der Waals surface area (Å²) in [7, 11) is 1.89. The van der Waals surface area contributed by atoms with Gasteiger partial charge in [-0.3, -0.25) is 14.6 Å². The van der Waals surface area contributed by atoms with Crippen molar-refractivity contribution in [3.8, 4) is 0 Å². The van der Waals surface area contributed by atoms with E-state index in [1.54, 1.807) is 0 Å². The van der Waals surface area contributed by atoms with E-state index in [4.69, 9.17) is 4.74 Å². The zero-order valence-corrected chi connectivity index (χ0v) is 16.2. The fourth-order valence-corrected chi connectivity index (χ4v) is 4.44. The number of hydrogen-bond acceptors (Lipinski definition) is 4. The number of nitrogens with zero attached hydrogens (tertiary/aromatic N) is 4. The van der Waals surface area contributed by atoms with Crippen molar-refractivity contribution in [1.82, 2.24) is 24.9 Å². The van der Waals surface area contributed by atoms with Crippen LogP contribution in [0.4, 0.5) is 0 Å². The fourth-order valence-electron chi connectivity index (χ4n) is 4.44. The second-order valence-electron chi connectivity index (χ2n) is 8.51. The van der Waals surface area contributed by atoms with Gasteiger partial charge in [-0.15, -0.1) is 0 Å². The first-order chi connectivity index (χ1) is 12.2. The number of H-pyrrole nitrogens is 1. The molecule has 140 valence electrons. The van der Waals surface area contributed by atoms with Crippen LogP contribution < -0.4 is 0 Å². The van der Waals surface area contributed by atoms with Gasteiger partial charge in [-0.1, -0.05) is 13.8 Å². The predicted octanol–water partition coefficient (Wildman–Crippen LogP) is 2.39. The zero-order valence-electron chi connectivity index (χ0n) is 16.2. The maximum atomic E-state index is 13.4. The SMILES string of the molecule is C[C@@H]1Cc2c(C(=O)N3Cc4cn[nH]c4CC(C)(C)C3)nn(C)c2[C@H](C)O1. The Balaban J connectivity index is 1.71. The molecule has 0 spiro atoms. The third-order valence-corrected chi connectivity index (χ3v) is 5.44. The second-order valence-corrected chi connectivity index (χ2v) is 8.51. The van der Waals surface area contributed by atoms with Gasteiger partial charge in [0.2, 0.25) is 0 Å². The molecular formula is C19H27N5O2. The van der Waals surface area contributed by atoms with E-state index in [0.29, 0.717) is 18.8 Å². The van der Waals surface area contributed by atoms with E-state index in [2.05, 4.69) is 29.1 Å². The van der Waals surface area contributed by atoms with E-state index in [9.17, 15) is 4.79 Å². The van der Waals surface area contributed by atoms with Crippen LogP contribution in [0, 0.1) is 5.41 Å². The number of aryl methyl sites for hydroxylation is 1. The Morgan fingerprint density at radius 3 is 2.92 bits per heavy atom. The van der Waals surface area contributed by atoms with Crippen molar-refractivity contribution < 1.29 is 9.53 Å². The third-order valence-electron chi connectivity index (χ3n) is 5.44. The average Bonchev–Trinajstić information content (AvgIpc) is 3.06. The van der Waals surface area contributed by atoms with E-state index < -0.39 is 0 Å². The van der Waals surface area contributed by atoms with Crippen LogP contribution in [0.15, 0.2) is 6.20 Å². The number of rotatable bonds is 1. The number of carbonyl (C=O) groups is 1. The summed E-state index contributed by atoms with van der Waals surface area (Å²) in [6.07, 6.45) is 3.49. The summed E-state index contributed by atoms with van der Waals surface area (Å²) < 4.78 is 7.73. The third kappa shape index (κ3) is 2.84. The Kier molecular flexibility index (Phi) is 3.95. The number of fused-ring (bicyclic) bond motifs is 2. The Morgan fingerprint density at radius 2 is 2.15 bits per heavy atom. The summed E-state index contributed by atoms with van der Waals surface area (Å²) in [5.74, 6) is 0.00488. The molecule has 2 aromatic rings. The van der Waals surface area contributed by atoms with Crippen LogP contribution in [0.25, 0.3) is 0 Å². The van der Waals surface area contributed by atoms with E-state index in [1.807, 2.05) is 36.7 Å². The van der Waals surface area contributed by atoms with Gasteiger partial charge in [-0.2, -0.15) is 10.2 Å². The highest BCUT2D eigenvalue weighted by Crippen LogP contribution is 2.34. The molecule has 0 saturated heterocycles. The topological polar surface area (TPSA) is 76.0 Å². The van der Waals surface area contributed by atoms with E-state index in [1.165, 1.54) is 0 Å². The number of hydrogen-bond donors (Lipinski definition) is 1. The van der Waals surface area contributed by atoms with E-state index in [-0.39, 0.29) is 23.5 Å². The van der Waals surface area contributed by atoms with Crippen molar-refractivity contribution in [2.75, 3.05) is 6.54 Å². The Bertz CT molecular complexity index is 850. The van der Waals surface area contributed by atoms with Crippen molar-refractivity contribution in [2.45, 2.75) is 59.3 Å². The average molecular weight is 357 g/mol. The molecule has 0 saturated carbocycles. The molecule has 1 N–H and O–H groups in total. The highest BCUT2D eigenvalue weighted by Gasteiger charge is 2.36. The van der Waals surface area contributed by atoms with Gasteiger partial charge < -0.3 is 9.64 Å². The van der Waals surface area contributed by atoms with E-state index in [0.717, 1.165) is 35.4 Å². The number of nitrogens with one attached hydrogen (secondary N) is 1. The smallest absolute Gasteiger partial charge is 0.274 e. The number of ether oxygens (including phenoxy) is 1. The standard InChI is InChI=1S/C19H27N5O2/c1-11-6-14-16(22-23(5)17(14)12(2)26-11)18(25)24-9-13-8-20-21-15(13)7-19(3,4)10-24/h8,11-12H,6-7,9-10H2,1-5H3,(H,20,21)/t11-,12+/m1/s1. The van der Waals surface area contributed by atoms with Crippen LogP contribution >= 0.6 is 0 Å². The van der Waals surface area contributed by atoms with Crippen molar-refractivity contribution in [3.63, 3.8) is 0 Å². The molecule has 0 bridgehead atoms. The van der Waals surface area contributed by atoms with Gasteiger partial charge in [0.05, 0.1) is 24.1 Å². The summed E-state index contributed by atoms with van der Waals surface area (Å²) >= 11 is 0. The van der Waals surface area contributed by atoms with Gasteiger partial charge in [-0.05, 0) is 25.7 Å². The zero-order chi connectivity index (χ0) is 18.6. The fraction of sp³-hybridized carbons (Fsp3) is 0.632. The number of carbonyl (C=O) groups excluding carboxylic acids is 1. The summed E-state index contributed by atoms with van der Waals surface area (Å²) in [6, 6.07) is 0. The molecule has 1 amide bonds. The van der Waals surface area contributed by atoms with Crippen LogP contribution in [0.1, 0.15) is 66.8 Å². The van der Waals surface area contributed by atoms with Crippen molar-refractivity contribution >= 4 is 5.91 Å². The van der Waals surface area contributed by atoms with Crippen LogP contribution in [-0.4, -0.2) is 43.4 Å². The van der Waals surface area contributed by atoms with Gasteiger partial charge in [0.25, 0.3) is 5.91 Å². The van der Waals surface area contributed by atoms with Gasteiger partial charge in [0.1, 0.15) is 0 Å². The summed E-state index contributed by atoms with van der Waals surface area (Å²) in [5, 5.41) is 11.9. The highest BCUT2D eigenvalue weighted by atomic mass is 16.5. The van der Waals surface area contributed by atoms with Gasteiger partial charge >= 0.3 is 0 Å². The first-order valence-electron chi connectivity index (χ1n) is 9.27. The van der Waals surface area contributed by atoms with Gasteiger partial charge in [0, 0.05) is 43.4 Å². The molecule has 4 rings (SSSR count). The van der Waals surface area contributed by atoms with Gasteiger partial charge in [0.15, 0.2) is 5.69 Å². The molecule has 2 aliphatic rings. The lowest BCUT2D eigenvalue weighted by molar-refractivity contribution is -0.00908. The number of aromatic nitrogens is 4. The molecule has 0 radical (unpaired) electrons.